The van der Waals surface area contributed by atoms with Crippen LogP contribution in [0.3, 0.4) is 0 Å². The van der Waals surface area contributed by atoms with E-state index in [1.54, 1.807) is 0 Å². The molecule has 0 aromatic rings. The smallest absolute Gasteiger partial charge is 0.317 e. The molecule has 1 N–H and O–H groups in total. The van der Waals surface area contributed by atoms with Crippen molar-refractivity contribution in [1.29, 1.82) is 0 Å². The third kappa shape index (κ3) is 2.88. The lowest BCUT2D eigenvalue weighted by Gasteiger charge is -2.57. The van der Waals surface area contributed by atoms with Crippen molar-refractivity contribution < 1.29 is 9.53 Å². The monoisotopic (exact) mass is 318 g/mol. The summed E-state index contributed by atoms with van der Waals surface area (Å²) in [5.41, 5.74) is 0.138. The van der Waals surface area contributed by atoms with E-state index in [4.69, 9.17) is 4.74 Å². The molecule has 1 unspecified atom stereocenters. The van der Waals surface area contributed by atoms with Gasteiger partial charge in [0.2, 0.25) is 0 Å². The van der Waals surface area contributed by atoms with Crippen molar-refractivity contribution in [2.24, 2.45) is 23.7 Å². The zero-order chi connectivity index (χ0) is 15.4. The summed E-state index contributed by atoms with van der Waals surface area (Å²) in [6.45, 7) is 2.58. The Morgan fingerprint density at radius 1 is 1.04 bits per heavy atom. The molecule has 0 radical (unpaired) electrons. The number of carbonyl (C=O) groups excluding carboxylic acids is 1. The van der Waals surface area contributed by atoms with Gasteiger partial charge in [-0.1, -0.05) is 0 Å². The molecule has 6 rings (SSSR count). The van der Waals surface area contributed by atoms with Gasteiger partial charge in [0.15, 0.2) is 0 Å². The third-order valence-electron chi connectivity index (χ3n) is 7.11. The zero-order valence-corrected chi connectivity index (χ0v) is 14.1. The van der Waals surface area contributed by atoms with Crippen LogP contribution in [0.15, 0.2) is 0 Å². The highest BCUT2D eigenvalue weighted by Crippen LogP contribution is 2.55. The number of ether oxygens (including phenoxy) is 1. The number of urea groups is 1. The summed E-state index contributed by atoms with van der Waals surface area (Å²) in [6.07, 6.45) is 12.0. The fraction of sp³-hybridized carbons (Fsp3) is 0.947. The Morgan fingerprint density at radius 3 is 2.30 bits per heavy atom. The molecule has 1 atom stereocenters. The van der Waals surface area contributed by atoms with Crippen molar-refractivity contribution in [3.05, 3.63) is 0 Å². The highest BCUT2D eigenvalue weighted by Gasteiger charge is 2.52. The van der Waals surface area contributed by atoms with Gasteiger partial charge in [-0.2, -0.15) is 0 Å². The first-order valence-electron chi connectivity index (χ1n) is 9.86. The van der Waals surface area contributed by atoms with Gasteiger partial charge in [-0.05, 0) is 81.5 Å². The molecule has 0 spiro atoms. The van der Waals surface area contributed by atoms with Crippen LogP contribution < -0.4 is 5.32 Å². The number of nitrogens with zero attached hydrogens (tertiary/aromatic N) is 1. The fourth-order valence-electron chi connectivity index (χ4n) is 6.18. The van der Waals surface area contributed by atoms with E-state index in [0.29, 0.717) is 0 Å². The van der Waals surface area contributed by atoms with E-state index in [0.717, 1.165) is 49.8 Å². The first kappa shape index (κ1) is 14.6. The van der Waals surface area contributed by atoms with Gasteiger partial charge in [0, 0.05) is 25.2 Å². The van der Waals surface area contributed by atoms with Crippen LogP contribution in [0, 0.1) is 23.7 Å². The standard InChI is InChI=1S/C19H30N2O2/c22-18(21-4-3-17(11-21)23-12-13-1-2-13)20-19-8-14-5-15(9-19)7-16(6-14)10-19/h13-17H,1-12H2,(H,20,22). The summed E-state index contributed by atoms with van der Waals surface area (Å²) in [5.74, 6) is 3.46. The second-order valence-electron chi connectivity index (χ2n) is 9.26. The molecule has 1 saturated heterocycles. The van der Waals surface area contributed by atoms with E-state index in [1.165, 1.54) is 51.4 Å². The van der Waals surface area contributed by atoms with Crippen molar-refractivity contribution >= 4 is 6.03 Å². The van der Waals surface area contributed by atoms with Gasteiger partial charge in [0.1, 0.15) is 0 Å². The predicted molar refractivity (Wildman–Crippen MR) is 88.1 cm³/mol. The van der Waals surface area contributed by atoms with Gasteiger partial charge in [-0.3, -0.25) is 0 Å². The van der Waals surface area contributed by atoms with Crippen molar-refractivity contribution in [2.75, 3.05) is 19.7 Å². The normalized spacial score (nSPS) is 44.8. The number of hydrogen-bond donors (Lipinski definition) is 1. The van der Waals surface area contributed by atoms with Crippen LogP contribution >= 0.6 is 0 Å². The predicted octanol–water partition coefficient (Wildman–Crippen LogP) is 3.17. The molecule has 0 aromatic carbocycles. The largest absolute Gasteiger partial charge is 0.376 e. The summed E-state index contributed by atoms with van der Waals surface area (Å²) in [7, 11) is 0. The van der Waals surface area contributed by atoms with Gasteiger partial charge in [0.05, 0.1) is 6.10 Å². The number of rotatable bonds is 4. The van der Waals surface area contributed by atoms with Crippen LogP contribution in [-0.4, -0.2) is 42.3 Å². The molecule has 4 nitrogen and oxygen atoms in total. The van der Waals surface area contributed by atoms with Crippen LogP contribution in [0.5, 0.6) is 0 Å². The van der Waals surface area contributed by atoms with E-state index in [-0.39, 0.29) is 17.7 Å². The lowest BCUT2D eigenvalue weighted by Crippen LogP contribution is -2.61. The van der Waals surface area contributed by atoms with E-state index >= 15 is 0 Å². The molecule has 128 valence electrons. The molecule has 23 heavy (non-hydrogen) atoms. The molecule has 4 bridgehead atoms. The van der Waals surface area contributed by atoms with Gasteiger partial charge in [-0.25, -0.2) is 4.79 Å². The average Bonchev–Trinajstić information content (AvgIpc) is 3.19. The maximum absolute atomic E-state index is 12.8. The van der Waals surface area contributed by atoms with E-state index in [2.05, 4.69) is 5.32 Å². The second kappa shape index (κ2) is 5.37. The number of carbonyl (C=O) groups is 1. The lowest BCUT2D eigenvalue weighted by molar-refractivity contribution is -0.0157. The molecule has 6 aliphatic rings. The molecular weight excluding hydrogens is 288 g/mol. The lowest BCUT2D eigenvalue weighted by atomic mass is 9.53. The van der Waals surface area contributed by atoms with Crippen molar-refractivity contribution in [2.45, 2.75) is 69.4 Å². The molecule has 1 heterocycles. The Bertz CT molecular complexity index is 452. The SMILES string of the molecule is O=C(NC12CC3CC(CC(C3)C1)C2)N1CCC(OCC2CC2)C1. The highest BCUT2D eigenvalue weighted by atomic mass is 16.5. The van der Waals surface area contributed by atoms with Gasteiger partial charge in [0.25, 0.3) is 0 Å². The summed E-state index contributed by atoms with van der Waals surface area (Å²) >= 11 is 0. The minimum atomic E-state index is 0.138. The number of hydrogen-bond acceptors (Lipinski definition) is 2. The fourth-order valence-corrected chi connectivity index (χ4v) is 6.18. The maximum atomic E-state index is 12.8. The minimum Gasteiger partial charge on any atom is -0.376 e. The molecule has 5 aliphatic carbocycles. The third-order valence-corrected chi connectivity index (χ3v) is 7.11. The molecule has 0 aromatic heterocycles. The summed E-state index contributed by atoms with van der Waals surface area (Å²) in [5, 5.41) is 3.50. The van der Waals surface area contributed by atoms with Gasteiger partial charge >= 0.3 is 6.03 Å². The summed E-state index contributed by atoms with van der Waals surface area (Å²) < 4.78 is 5.98. The van der Waals surface area contributed by atoms with Gasteiger partial charge in [-0.15, -0.1) is 0 Å². The first-order chi connectivity index (χ1) is 11.2. The highest BCUT2D eigenvalue weighted by molar-refractivity contribution is 5.75. The zero-order valence-electron chi connectivity index (χ0n) is 14.1. The minimum absolute atomic E-state index is 0.138. The Morgan fingerprint density at radius 2 is 1.70 bits per heavy atom. The first-order valence-corrected chi connectivity index (χ1v) is 9.86. The Labute approximate surface area is 139 Å². The van der Waals surface area contributed by atoms with Crippen molar-refractivity contribution in [3.63, 3.8) is 0 Å². The van der Waals surface area contributed by atoms with Crippen molar-refractivity contribution in [3.8, 4) is 0 Å². The van der Waals surface area contributed by atoms with E-state index < -0.39 is 0 Å². The van der Waals surface area contributed by atoms with Crippen LogP contribution in [0.4, 0.5) is 4.79 Å². The van der Waals surface area contributed by atoms with Crippen LogP contribution in [-0.2, 0) is 4.74 Å². The molecule has 4 heteroatoms. The Kier molecular flexibility index (Phi) is 3.40. The van der Waals surface area contributed by atoms with Crippen LogP contribution in [0.1, 0.15) is 57.8 Å². The van der Waals surface area contributed by atoms with Crippen LogP contribution in [0.2, 0.25) is 0 Å². The topological polar surface area (TPSA) is 41.6 Å². The maximum Gasteiger partial charge on any atom is 0.317 e. The molecule has 1 aliphatic heterocycles. The Balaban J connectivity index is 1.17. The van der Waals surface area contributed by atoms with E-state index in [1.807, 2.05) is 4.90 Å². The van der Waals surface area contributed by atoms with Gasteiger partial charge < -0.3 is 15.0 Å². The molecular formula is C19H30N2O2. The second-order valence-corrected chi connectivity index (χ2v) is 9.26. The Hall–Kier alpha value is -0.770. The van der Waals surface area contributed by atoms with Crippen LogP contribution in [0.25, 0.3) is 0 Å². The summed E-state index contributed by atoms with van der Waals surface area (Å²) in [6, 6.07) is 0.185. The number of amides is 2. The average molecular weight is 318 g/mol. The molecule has 6 fully saturated rings. The van der Waals surface area contributed by atoms with E-state index in [9.17, 15) is 4.79 Å². The molecule has 2 amide bonds. The molecule has 5 saturated carbocycles. The quantitative estimate of drug-likeness (QED) is 0.865. The summed E-state index contributed by atoms with van der Waals surface area (Å²) in [4.78, 5) is 14.8. The van der Waals surface area contributed by atoms with Crippen molar-refractivity contribution in [1.82, 2.24) is 10.2 Å². The number of nitrogens with one attached hydrogen (secondary N) is 1. The number of likely N-dealkylation sites (tertiary alicyclic amines) is 1.